The molecule has 4 heteroatoms. The molecule has 0 atom stereocenters. The second-order valence-corrected chi connectivity index (χ2v) is 5.47. The first kappa shape index (κ1) is 13.5. The predicted octanol–water partition coefficient (Wildman–Crippen LogP) is 3.90. The van der Waals surface area contributed by atoms with Crippen LogP contribution in [0.4, 0.5) is 0 Å². The average Bonchev–Trinajstić information content (AvgIpc) is 3.31. The summed E-state index contributed by atoms with van der Waals surface area (Å²) in [4.78, 5) is 15.3. The highest BCUT2D eigenvalue weighted by molar-refractivity contribution is 5.79. The normalized spacial score (nSPS) is 19.0. The summed E-state index contributed by atoms with van der Waals surface area (Å²) in [7, 11) is 0. The molecule has 23 heavy (non-hydrogen) atoms. The Morgan fingerprint density at radius 3 is 1.70 bits per heavy atom. The number of nitrogens with zero attached hydrogens (tertiary/aromatic N) is 2. The summed E-state index contributed by atoms with van der Waals surface area (Å²) < 4.78 is 0. The third-order valence-corrected chi connectivity index (χ3v) is 3.68. The number of nitrogens with one attached hydrogen (secondary N) is 2. The van der Waals surface area contributed by atoms with Gasteiger partial charge < -0.3 is 9.97 Å². The fourth-order valence-electron chi connectivity index (χ4n) is 2.61. The third-order valence-electron chi connectivity index (χ3n) is 3.68. The van der Waals surface area contributed by atoms with E-state index in [-0.39, 0.29) is 0 Å². The van der Waals surface area contributed by atoms with Gasteiger partial charge in [0, 0.05) is 41.6 Å². The van der Waals surface area contributed by atoms with E-state index in [1.165, 1.54) is 11.4 Å². The van der Waals surface area contributed by atoms with Gasteiger partial charge in [-0.1, -0.05) is 0 Å². The van der Waals surface area contributed by atoms with Crippen LogP contribution in [0.1, 0.15) is 22.8 Å². The van der Waals surface area contributed by atoms with Gasteiger partial charge in [0.1, 0.15) is 0 Å². The lowest BCUT2D eigenvalue weighted by Crippen LogP contribution is -1.89. The number of aromatic amines is 2. The lowest BCUT2D eigenvalue weighted by Gasteiger charge is -1.96. The largest absolute Gasteiger partial charge is 0.359 e. The summed E-state index contributed by atoms with van der Waals surface area (Å²) in [6.07, 6.45) is 16.4. The van der Waals surface area contributed by atoms with E-state index in [0.717, 1.165) is 29.2 Å². The van der Waals surface area contributed by atoms with E-state index in [9.17, 15) is 0 Å². The zero-order chi connectivity index (χ0) is 15.5. The van der Waals surface area contributed by atoms with Crippen molar-refractivity contribution >= 4 is 24.6 Å². The molecule has 4 heterocycles. The molecule has 112 valence electrons. The van der Waals surface area contributed by atoms with Gasteiger partial charge in [-0.25, -0.2) is 0 Å². The number of aromatic nitrogens is 2. The van der Waals surface area contributed by atoms with Crippen LogP contribution < -0.4 is 0 Å². The zero-order valence-electron chi connectivity index (χ0n) is 12.5. The first-order chi connectivity index (χ1) is 11.3. The molecule has 4 rings (SSSR count). The fourth-order valence-corrected chi connectivity index (χ4v) is 2.61. The van der Waals surface area contributed by atoms with E-state index in [2.05, 4.69) is 44.2 Å². The Hall–Kier alpha value is -3.14. The van der Waals surface area contributed by atoms with Gasteiger partial charge in [0.25, 0.3) is 0 Å². The topological polar surface area (TPSA) is 56.3 Å². The van der Waals surface area contributed by atoms with Gasteiger partial charge in [-0.05, 0) is 60.7 Å². The highest BCUT2D eigenvalue weighted by Crippen LogP contribution is 2.16. The zero-order valence-corrected chi connectivity index (χ0v) is 12.5. The minimum Gasteiger partial charge on any atom is -0.359 e. The molecule has 0 unspecified atom stereocenters. The Morgan fingerprint density at radius 1 is 0.739 bits per heavy atom. The molecule has 4 nitrogen and oxygen atoms in total. The summed E-state index contributed by atoms with van der Waals surface area (Å²) in [6, 6.07) is 8.37. The molecular weight excluding hydrogens is 284 g/mol. The molecule has 2 aliphatic rings. The molecular formula is C19H16N4. The summed E-state index contributed by atoms with van der Waals surface area (Å²) in [5.74, 6) is 0. The Labute approximate surface area is 134 Å². The van der Waals surface area contributed by atoms with Gasteiger partial charge in [-0.3, -0.25) is 9.98 Å². The molecule has 0 radical (unpaired) electrons. The summed E-state index contributed by atoms with van der Waals surface area (Å²) in [6.45, 7) is 0. The van der Waals surface area contributed by atoms with Crippen molar-refractivity contribution in [1.82, 2.24) is 9.97 Å². The van der Waals surface area contributed by atoms with Crippen LogP contribution in [0.5, 0.6) is 0 Å². The maximum atomic E-state index is 4.25. The molecule has 0 aliphatic carbocycles. The van der Waals surface area contributed by atoms with Gasteiger partial charge in [0.15, 0.2) is 0 Å². The predicted molar refractivity (Wildman–Crippen MR) is 95.6 cm³/mol. The van der Waals surface area contributed by atoms with E-state index >= 15 is 0 Å². The number of H-pyrrole nitrogens is 2. The maximum Gasteiger partial charge on any atom is 0.0650 e. The first-order valence-corrected chi connectivity index (χ1v) is 7.56. The minimum absolute atomic E-state index is 0.838. The van der Waals surface area contributed by atoms with Crippen molar-refractivity contribution in [3.8, 4) is 0 Å². The monoisotopic (exact) mass is 300 g/mol. The van der Waals surface area contributed by atoms with Crippen LogP contribution in [0.3, 0.4) is 0 Å². The van der Waals surface area contributed by atoms with Gasteiger partial charge in [-0.2, -0.15) is 0 Å². The lowest BCUT2D eigenvalue weighted by molar-refractivity contribution is 1.05. The van der Waals surface area contributed by atoms with Crippen LogP contribution in [0.2, 0.25) is 0 Å². The second kappa shape index (κ2) is 5.93. The highest BCUT2D eigenvalue weighted by atomic mass is 14.8. The number of rotatable bonds is 4. The van der Waals surface area contributed by atoms with Crippen LogP contribution in [-0.4, -0.2) is 22.4 Å². The van der Waals surface area contributed by atoms with E-state index in [0.29, 0.717) is 0 Å². The van der Waals surface area contributed by atoms with Crippen molar-refractivity contribution in [3.05, 3.63) is 82.7 Å². The van der Waals surface area contributed by atoms with E-state index in [1.54, 1.807) is 12.4 Å². The maximum absolute atomic E-state index is 4.25. The molecule has 2 aromatic rings. The molecule has 2 aromatic heterocycles. The Balaban J connectivity index is 1.46. The minimum atomic E-state index is 0.838. The number of allylic oxidation sites excluding steroid dienone is 4. The van der Waals surface area contributed by atoms with Crippen LogP contribution in [-0.2, 0) is 6.42 Å². The SMILES string of the molecule is C1=CC(=Cc2ccc(Cc3ccc(C=C4C=CC=N4)[nH]3)[nH]2)N=C1. The molecule has 2 aliphatic heterocycles. The van der Waals surface area contributed by atoms with Crippen molar-refractivity contribution in [1.29, 1.82) is 0 Å². The lowest BCUT2D eigenvalue weighted by atomic mass is 10.2. The standard InChI is InChI=1S/C19H16N4/c1-3-14(20-9-1)11-16-5-7-18(22-16)13-19-8-6-17(23-19)12-15-4-2-10-21-15/h1-12,22-23H,13H2. The van der Waals surface area contributed by atoms with Gasteiger partial charge in [-0.15, -0.1) is 0 Å². The summed E-state index contributed by atoms with van der Waals surface area (Å²) >= 11 is 0. The smallest absolute Gasteiger partial charge is 0.0650 e. The third kappa shape index (κ3) is 3.21. The highest BCUT2D eigenvalue weighted by Gasteiger charge is 2.03. The Morgan fingerprint density at radius 2 is 1.26 bits per heavy atom. The van der Waals surface area contributed by atoms with E-state index in [1.807, 2.05) is 36.5 Å². The first-order valence-electron chi connectivity index (χ1n) is 7.56. The summed E-state index contributed by atoms with van der Waals surface area (Å²) in [5.41, 5.74) is 6.41. The van der Waals surface area contributed by atoms with E-state index < -0.39 is 0 Å². The van der Waals surface area contributed by atoms with Crippen LogP contribution in [0.25, 0.3) is 12.2 Å². The van der Waals surface area contributed by atoms with Crippen LogP contribution >= 0.6 is 0 Å². The van der Waals surface area contributed by atoms with Crippen molar-refractivity contribution in [3.63, 3.8) is 0 Å². The fraction of sp³-hybridized carbons (Fsp3) is 0.0526. The van der Waals surface area contributed by atoms with Crippen molar-refractivity contribution in [2.45, 2.75) is 6.42 Å². The molecule has 0 saturated carbocycles. The number of hydrogen-bond donors (Lipinski definition) is 2. The molecule has 0 aromatic carbocycles. The molecule has 0 amide bonds. The second-order valence-electron chi connectivity index (χ2n) is 5.47. The van der Waals surface area contributed by atoms with Crippen molar-refractivity contribution in [2.75, 3.05) is 0 Å². The van der Waals surface area contributed by atoms with Crippen LogP contribution in [0.15, 0.2) is 69.9 Å². The van der Waals surface area contributed by atoms with Crippen LogP contribution in [0, 0.1) is 0 Å². The van der Waals surface area contributed by atoms with Gasteiger partial charge in [0.05, 0.1) is 11.4 Å². The van der Waals surface area contributed by atoms with E-state index in [4.69, 9.17) is 0 Å². The molecule has 0 bridgehead atoms. The van der Waals surface area contributed by atoms with Gasteiger partial charge in [0.2, 0.25) is 0 Å². The Kier molecular flexibility index (Phi) is 3.48. The summed E-state index contributed by atoms with van der Waals surface area (Å²) in [5, 5.41) is 0. The number of hydrogen-bond acceptors (Lipinski definition) is 2. The molecule has 0 saturated heterocycles. The molecule has 0 fully saturated rings. The van der Waals surface area contributed by atoms with Crippen molar-refractivity contribution < 1.29 is 0 Å². The molecule has 0 spiro atoms. The molecule has 2 N–H and O–H groups in total. The average molecular weight is 300 g/mol. The van der Waals surface area contributed by atoms with Crippen molar-refractivity contribution in [2.24, 2.45) is 9.98 Å². The quantitative estimate of drug-likeness (QED) is 0.860. The number of aliphatic imine (C=N–C) groups is 2. The Bertz CT molecular complexity index is 795. The van der Waals surface area contributed by atoms with Gasteiger partial charge >= 0.3 is 0 Å².